The van der Waals surface area contributed by atoms with Gasteiger partial charge in [0.2, 0.25) is 35.4 Å². The number of aromatic hydroxyl groups is 1. The summed E-state index contributed by atoms with van der Waals surface area (Å²) in [5, 5.41) is 115. The molecule has 4 aromatic rings. The fourth-order valence-electron chi connectivity index (χ4n) is 10.6. The molecule has 0 radical (unpaired) electrons. The topological polar surface area (TPSA) is 498 Å². The number of nitrogens with zero attached hydrogens (tertiary/aromatic N) is 3. The zero-order chi connectivity index (χ0) is 65.3. The van der Waals surface area contributed by atoms with Crippen LogP contribution in [-0.4, -0.2) is 220 Å². The number of nitrogens with two attached hydrogens (primary N) is 1. The van der Waals surface area contributed by atoms with Crippen molar-refractivity contribution in [1.82, 2.24) is 36.2 Å². The van der Waals surface area contributed by atoms with Crippen LogP contribution in [-0.2, 0) is 44.0 Å². The molecular weight excluding hydrogens is 1200 g/mol. The standard InChI is InChI=1S/C57H72N8O23S/c1-4-5-6-17-86-33-14-11-29(12-15-33)42-21-34(63-87-42)28-7-9-30(10-8-28)52(77)59-35-20-38(69)39(70)22-41(72)48-49(74)26(2)24-65(48)57(82)46(40(71)23-44(58)73)61-55(80)47(51(76)50(75)31-13-16-37(68)43(18-31)88-89(83,84)85)62-54(79)36-19-32(67)25-64(36)56(81)45(27(3)66)60-53(35)78/h7-16,18,21,26-27,32,35-36,38-40,45-51,66-71,74-76H,4-6,17,19-20,22-25H2,1-3H3,(H2,58,73)(H,59,77)(H,60,78)(H,61,80)(H,62,79)(H,83,84,85)/t26-,27+,32+,35+,36-,38+,39-,40+,45-,46-,47?,48+,49-,50-,51-/m1/s1. The van der Waals surface area contributed by atoms with Crippen LogP contribution in [0.5, 0.6) is 17.2 Å². The van der Waals surface area contributed by atoms with E-state index in [2.05, 4.69) is 37.5 Å². The average Bonchev–Trinajstić information content (AvgIpc) is 2.76. The Hall–Kier alpha value is -8.18. The third-order valence-electron chi connectivity index (χ3n) is 15.4. The van der Waals surface area contributed by atoms with Gasteiger partial charge in [-0.2, -0.15) is 8.42 Å². The van der Waals surface area contributed by atoms with Crippen molar-refractivity contribution in [2.24, 2.45) is 11.7 Å². The van der Waals surface area contributed by atoms with Crippen LogP contribution in [0.4, 0.5) is 0 Å². The molecule has 0 aliphatic carbocycles. The molecule has 89 heavy (non-hydrogen) atoms. The number of ketones is 1. The number of hydrogen-bond donors (Lipinski definition) is 15. The Balaban J connectivity index is 1.22. The molecule has 0 saturated carbocycles. The number of ether oxygens (including phenoxy) is 1. The van der Waals surface area contributed by atoms with Crippen LogP contribution in [0.25, 0.3) is 22.6 Å². The Bertz CT molecular complexity index is 3330. The lowest BCUT2D eigenvalue weighted by Gasteiger charge is -2.34. The number of aliphatic hydroxyl groups is 8. The van der Waals surface area contributed by atoms with Crippen LogP contribution in [0.15, 0.2) is 77.3 Å². The number of Topliss-reactive ketones (excluding diaryl/α,β-unsaturated/α-hetero) is 1. The molecule has 15 atom stereocenters. The first-order valence-electron chi connectivity index (χ1n) is 28.3. The number of aliphatic hydroxyl groups excluding tert-OH is 8. The van der Waals surface area contributed by atoms with E-state index in [1.165, 1.54) is 31.2 Å². The van der Waals surface area contributed by atoms with Crippen molar-refractivity contribution in [3.63, 3.8) is 0 Å². The zero-order valence-electron chi connectivity index (χ0n) is 48.3. The summed E-state index contributed by atoms with van der Waals surface area (Å²) >= 11 is 0. The zero-order valence-corrected chi connectivity index (χ0v) is 49.1. The van der Waals surface area contributed by atoms with Crippen molar-refractivity contribution in [1.29, 1.82) is 0 Å². The number of aromatic nitrogens is 1. The summed E-state index contributed by atoms with van der Waals surface area (Å²) in [6.45, 7) is 3.83. The molecule has 3 fully saturated rings. The van der Waals surface area contributed by atoms with Crippen LogP contribution in [0, 0.1) is 5.92 Å². The lowest BCUT2D eigenvalue weighted by Crippen LogP contribution is -2.64. The van der Waals surface area contributed by atoms with Gasteiger partial charge in [-0.1, -0.05) is 50.0 Å². The maximum atomic E-state index is 14.7. The molecular formula is C57H72N8O23S. The first kappa shape index (κ1) is 68.3. The number of nitrogens with one attached hydrogen (secondary N) is 4. The Morgan fingerprint density at radius 2 is 1.44 bits per heavy atom. The molecule has 32 heteroatoms. The van der Waals surface area contributed by atoms with Crippen molar-refractivity contribution in [3.8, 4) is 39.8 Å². The van der Waals surface area contributed by atoms with Gasteiger partial charge in [-0.05, 0) is 67.4 Å². The summed E-state index contributed by atoms with van der Waals surface area (Å²) in [5.74, 6) is -12.4. The largest absolute Gasteiger partial charge is 0.504 e. The predicted molar refractivity (Wildman–Crippen MR) is 305 cm³/mol. The van der Waals surface area contributed by atoms with E-state index >= 15 is 0 Å². The second-order valence-corrected chi connectivity index (χ2v) is 23.2. The van der Waals surface area contributed by atoms with Gasteiger partial charge in [0.1, 0.15) is 59.9 Å². The molecule has 3 aromatic carbocycles. The van der Waals surface area contributed by atoms with E-state index in [1.807, 2.05) is 0 Å². The molecule has 0 bridgehead atoms. The smallest absolute Gasteiger partial charge is 0.446 e. The van der Waals surface area contributed by atoms with Crippen molar-refractivity contribution < 1.29 is 111 Å². The Kier molecular flexibility index (Phi) is 22.6. The maximum Gasteiger partial charge on any atom is 0.446 e. The Labute approximate surface area is 508 Å². The number of benzene rings is 3. The summed E-state index contributed by atoms with van der Waals surface area (Å²) in [4.78, 5) is 115. The molecule has 7 rings (SSSR count). The molecule has 16 N–H and O–H groups in total. The minimum atomic E-state index is -5.35. The minimum Gasteiger partial charge on any atom is -0.504 e. The highest BCUT2D eigenvalue weighted by Crippen LogP contribution is 2.34. The highest BCUT2D eigenvalue weighted by molar-refractivity contribution is 7.81. The average molecular weight is 1270 g/mol. The summed E-state index contributed by atoms with van der Waals surface area (Å²) in [6.07, 6.45) is -17.8. The monoisotopic (exact) mass is 1270 g/mol. The van der Waals surface area contributed by atoms with E-state index in [-0.39, 0.29) is 5.56 Å². The van der Waals surface area contributed by atoms with Crippen molar-refractivity contribution in [2.45, 2.75) is 151 Å². The van der Waals surface area contributed by atoms with Gasteiger partial charge in [0, 0.05) is 61.0 Å². The summed E-state index contributed by atoms with van der Waals surface area (Å²) in [6, 6.07) is 3.82. The van der Waals surface area contributed by atoms with Crippen LogP contribution < -0.4 is 35.9 Å². The number of phenolic OH excluding ortho intramolecular Hbond substituents is 1. The van der Waals surface area contributed by atoms with E-state index in [9.17, 15) is 97.3 Å². The quantitative estimate of drug-likeness (QED) is 0.0348. The number of primary amides is 1. The number of hydrogen-bond acceptors (Lipinski definition) is 23. The summed E-state index contributed by atoms with van der Waals surface area (Å²) in [5.41, 5.74) is 6.22. The highest BCUT2D eigenvalue weighted by Gasteiger charge is 2.50. The van der Waals surface area contributed by atoms with Gasteiger partial charge in [0.05, 0.1) is 49.7 Å². The van der Waals surface area contributed by atoms with Gasteiger partial charge in [-0.25, -0.2) is 0 Å². The minimum absolute atomic E-state index is 0.0910. The summed E-state index contributed by atoms with van der Waals surface area (Å²) < 4.78 is 48.1. The fourth-order valence-corrected chi connectivity index (χ4v) is 10.9. The second kappa shape index (κ2) is 29.4. The Morgan fingerprint density at radius 3 is 2.08 bits per heavy atom. The molecule has 4 heterocycles. The van der Waals surface area contributed by atoms with Crippen molar-refractivity contribution in [3.05, 3.63) is 83.9 Å². The second-order valence-electron chi connectivity index (χ2n) is 22.2. The van der Waals surface area contributed by atoms with E-state index in [4.69, 9.17) is 15.0 Å². The van der Waals surface area contributed by atoms with Crippen LogP contribution in [0.2, 0.25) is 0 Å². The van der Waals surface area contributed by atoms with Gasteiger partial charge < -0.3 is 96.2 Å². The molecule has 3 aliphatic heterocycles. The lowest BCUT2D eigenvalue weighted by molar-refractivity contribution is -0.148. The molecule has 1 unspecified atom stereocenters. The number of carbonyl (C=O) groups excluding carboxylic acids is 8. The van der Waals surface area contributed by atoms with Crippen LogP contribution in [0.1, 0.15) is 87.7 Å². The lowest BCUT2D eigenvalue weighted by atomic mass is 9.93. The van der Waals surface area contributed by atoms with E-state index in [0.29, 0.717) is 50.8 Å². The van der Waals surface area contributed by atoms with Gasteiger partial charge in [0.15, 0.2) is 23.0 Å². The number of unbranched alkanes of at least 4 members (excludes halogenated alkanes) is 2. The van der Waals surface area contributed by atoms with Gasteiger partial charge >= 0.3 is 10.4 Å². The first-order valence-corrected chi connectivity index (χ1v) is 29.7. The highest BCUT2D eigenvalue weighted by atomic mass is 32.3. The number of amides is 7. The fraction of sp³-hybridized carbons (Fsp3) is 0.491. The first-order chi connectivity index (χ1) is 42.0. The van der Waals surface area contributed by atoms with E-state index < -0.39 is 204 Å². The molecule has 484 valence electrons. The Morgan fingerprint density at radius 1 is 0.798 bits per heavy atom. The molecule has 3 aliphatic rings. The number of rotatable bonds is 18. The van der Waals surface area contributed by atoms with Crippen LogP contribution >= 0.6 is 0 Å². The summed E-state index contributed by atoms with van der Waals surface area (Å²) in [7, 11) is -5.35. The number of carbonyl (C=O) groups is 8. The molecule has 0 spiro atoms. The normalized spacial score (nSPS) is 26.5. The molecule has 31 nitrogen and oxygen atoms in total. The molecule has 7 amide bonds. The molecule has 1 aromatic heterocycles. The SMILES string of the molecule is CCCCCOc1ccc(-c2cc(-c3ccc(C(=O)N[C@H]4C[C@H](O)[C@H](O)CC(=O)[C@H]5[C@H](O)[C@H](C)CN5C(=O)[C@@H]([C@@H](O)CC(N)=O)NC(=O)C([C@@H](O)[C@H](O)c5ccc(O)c(OS(=O)(=O)O)c5)NC(=O)[C@H]5C[C@H](O)CN5C(=O)[C@@H]([C@H](C)O)NC4=O)cc3)no2)cc1. The maximum absolute atomic E-state index is 14.7. The number of fused-ring (bicyclic) bond motifs is 2. The third kappa shape index (κ3) is 17.0. The van der Waals surface area contributed by atoms with E-state index in [1.54, 1.807) is 30.3 Å². The van der Waals surface area contributed by atoms with Crippen molar-refractivity contribution in [2.75, 3.05) is 19.7 Å². The van der Waals surface area contributed by atoms with Crippen molar-refractivity contribution >= 4 is 57.5 Å². The predicted octanol–water partition coefficient (Wildman–Crippen LogP) is -3.02. The molecule has 3 saturated heterocycles. The van der Waals surface area contributed by atoms with Crippen LogP contribution in [0.3, 0.4) is 0 Å². The third-order valence-corrected chi connectivity index (χ3v) is 15.8. The van der Waals surface area contributed by atoms with Gasteiger partial charge in [0.25, 0.3) is 5.91 Å². The van der Waals surface area contributed by atoms with Gasteiger partial charge in [-0.3, -0.25) is 42.9 Å². The number of phenols is 1. The van der Waals surface area contributed by atoms with E-state index in [0.717, 1.165) is 38.3 Å². The van der Waals surface area contributed by atoms with Gasteiger partial charge in [-0.15, -0.1) is 0 Å².